The lowest BCUT2D eigenvalue weighted by molar-refractivity contribution is 0.0685. The lowest BCUT2D eigenvalue weighted by atomic mass is 10.1. The molecule has 1 N–H and O–H groups in total. The van der Waals surface area contributed by atoms with Gasteiger partial charge in [-0.25, -0.2) is 4.79 Å². The van der Waals surface area contributed by atoms with E-state index in [-0.39, 0.29) is 5.69 Å². The lowest BCUT2D eigenvalue weighted by Gasteiger charge is -2.08. The van der Waals surface area contributed by atoms with Crippen molar-refractivity contribution < 1.29 is 19.2 Å². The first-order chi connectivity index (χ1) is 9.06. The SMILES string of the molecule is Cc1ccc(C)c(OCCc2cc(C(=O)O)no2)c1. The second-order valence-corrected chi connectivity index (χ2v) is 4.35. The molecule has 5 heteroatoms. The Morgan fingerprint density at radius 3 is 2.84 bits per heavy atom. The van der Waals surface area contributed by atoms with Gasteiger partial charge >= 0.3 is 5.97 Å². The number of rotatable bonds is 5. The number of benzene rings is 1. The molecule has 0 fully saturated rings. The van der Waals surface area contributed by atoms with Gasteiger partial charge in [0, 0.05) is 12.5 Å². The highest BCUT2D eigenvalue weighted by Crippen LogP contribution is 2.19. The van der Waals surface area contributed by atoms with Crippen molar-refractivity contribution in [1.82, 2.24) is 5.16 Å². The van der Waals surface area contributed by atoms with Gasteiger partial charge in [0.15, 0.2) is 5.69 Å². The van der Waals surface area contributed by atoms with Gasteiger partial charge < -0.3 is 14.4 Å². The number of aromatic carboxylic acids is 1. The molecule has 0 unspecified atom stereocenters. The van der Waals surface area contributed by atoms with Crippen LogP contribution in [0.1, 0.15) is 27.4 Å². The number of ether oxygens (including phenoxy) is 1. The van der Waals surface area contributed by atoms with Gasteiger partial charge in [0.25, 0.3) is 0 Å². The van der Waals surface area contributed by atoms with Crippen LogP contribution in [0.4, 0.5) is 0 Å². The van der Waals surface area contributed by atoms with Gasteiger partial charge in [0.2, 0.25) is 0 Å². The fourth-order valence-corrected chi connectivity index (χ4v) is 1.66. The van der Waals surface area contributed by atoms with Crippen molar-refractivity contribution in [3.8, 4) is 5.75 Å². The Morgan fingerprint density at radius 1 is 1.37 bits per heavy atom. The van der Waals surface area contributed by atoms with Crippen molar-refractivity contribution in [1.29, 1.82) is 0 Å². The zero-order valence-corrected chi connectivity index (χ0v) is 10.8. The normalized spacial score (nSPS) is 10.4. The molecule has 1 heterocycles. The average molecular weight is 261 g/mol. The van der Waals surface area contributed by atoms with E-state index in [0.29, 0.717) is 18.8 Å². The molecule has 0 atom stereocenters. The Morgan fingerprint density at radius 2 is 2.16 bits per heavy atom. The van der Waals surface area contributed by atoms with Crippen LogP contribution in [0, 0.1) is 13.8 Å². The van der Waals surface area contributed by atoms with Crippen LogP contribution in [-0.4, -0.2) is 22.8 Å². The summed E-state index contributed by atoms with van der Waals surface area (Å²) in [4.78, 5) is 10.6. The largest absolute Gasteiger partial charge is 0.493 e. The summed E-state index contributed by atoms with van der Waals surface area (Å²) >= 11 is 0. The molecule has 5 nitrogen and oxygen atoms in total. The highest BCUT2D eigenvalue weighted by Gasteiger charge is 2.10. The van der Waals surface area contributed by atoms with Gasteiger partial charge in [-0.15, -0.1) is 0 Å². The standard InChI is InChI=1S/C14H15NO4/c1-9-3-4-10(2)13(7-9)18-6-5-11-8-12(14(16)17)15-19-11/h3-4,7-8H,5-6H2,1-2H3,(H,16,17). The van der Waals surface area contributed by atoms with Crippen LogP contribution in [0.5, 0.6) is 5.75 Å². The smallest absolute Gasteiger partial charge is 0.358 e. The third-order valence-corrected chi connectivity index (χ3v) is 2.73. The molecule has 0 bridgehead atoms. The fourth-order valence-electron chi connectivity index (χ4n) is 1.66. The number of carbonyl (C=O) groups is 1. The van der Waals surface area contributed by atoms with Crippen molar-refractivity contribution in [2.24, 2.45) is 0 Å². The van der Waals surface area contributed by atoms with Crippen molar-refractivity contribution in [3.63, 3.8) is 0 Å². The molecule has 0 amide bonds. The average Bonchev–Trinajstić information content (AvgIpc) is 2.82. The Bertz CT molecular complexity index is 589. The third-order valence-electron chi connectivity index (χ3n) is 2.73. The van der Waals surface area contributed by atoms with Crippen LogP contribution in [-0.2, 0) is 6.42 Å². The third kappa shape index (κ3) is 3.34. The van der Waals surface area contributed by atoms with Crippen LogP contribution in [0.3, 0.4) is 0 Å². The molecule has 0 aliphatic carbocycles. The van der Waals surface area contributed by atoms with Crippen molar-refractivity contribution in [3.05, 3.63) is 46.8 Å². The topological polar surface area (TPSA) is 72.6 Å². The van der Waals surface area contributed by atoms with E-state index in [4.69, 9.17) is 14.4 Å². The Balaban J connectivity index is 1.92. The van der Waals surface area contributed by atoms with E-state index in [1.807, 2.05) is 32.0 Å². The van der Waals surface area contributed by atoms with Gasteiger partial charge in [-0.05, 0) is 31.0 Å². The molecular formula is C14H15NO4. The van der Waals surface area contributed by atoms with Crippen LogP contribution in [0.15, 0.2) is 28.8 Å². The summed E-state index contributed by atoms with van der Waals surface area (Å²) in [5, 5.41) is 12.2. The summed E-state index contributed by atoms with van der Waals surface area (Å²) in [6.07, 6.45) is 0.480. The van der Waals surface area contributed by atoms with E-state index in [9.17, 15) is 4.79 Å². The number of aromatic nitrogens is 1. The molecule has 0 saturated carbocycles. The summed E-state index contributed by atoms with van der Waals surface area (Å²) in [6, 6.07) is 7.41. The molecule has 19 heavy (non-hydrogen) atoms. The predicted molar refractivity (Wildman–Crippen MR) is 68.6 cm³/mol. The minimum absolute atomic E-state index is 0.0817. The second-order valence-electron chi connectivity index (χ2n) is 4.35. The van der Waals surface area contributed by atoms with E-state index >= 15 is 0 Å². The first-order valence-electron chi connectivity index (χ1n) is 5.95. The predicted octanol–water partition coefficient (Wildman–Crippen LogP) is 2.61. The van der Waals surface area contributed by atoms with E-state index in [0.717, 1.165) is 16.9 Å². The number of carboxylic acid groups (broad SMARTS) is 1. The number of hydrogen-bond donors (Lipinski definition) is 1. The summed E-state index contributed by atoms with van der Waals surface area (Å²) < 4.78 is 10.6. The molecule has 0 saturated heterocycles. The van der Waals surface area contributed by atoms with Crippen molar-refractivity contribution >= 4 is 5.97 Å². The van der Waals surface area contributed by atoms with Crippen molar-refractivity contribution in [2.45, 2.75) is 20.3 Å². The molecule has 0 spiro atoms. The highest BCUT2D eigenvalue weighted by atomic mass is 16.5. The van der Waals surface area contributed by atoms with Crippen LogP contribution in [0.2, 0.25) is 0 Å². The first-order valence-corrected chi connectivity index (χ1v) is 5.95. The molecule has 2 rings (SSSR count). The van der Waals surface area contributed by atoms with Crippen LogP contribution in [0.25, 0.3) is 0 Å². The maximum absolute atomic E-state index is 10.6. The van der Waals surface area contributed by atoms with Gasteiger partial charge in [0.1, 0.15) is 11.5 Å². The van der Waals surface area contributed by atoms with Gasteiger partial charge in [-0.1, -0.05) is 17.3 Å². The number of aryl methyl sites for hydroxylation is 2. The quantitative estimate of drug-likeness (QED) is 0.895. The highest BCUT2D eigenvalue weighted by molar-refractivity contribution is 5.85. The molecule has 100 valence electrons. The van der Waals surface area contributed by atoms with E-state index in [1.54, 1.807) is 0 Å². The van der Waals surface area contributed by atoms with Gasteiger partial charge in [0.05, 0.1) is 6.61 Å². The zero-order chi connectivity index (χ0) is 13.8. The Kier molecular flexibility index (Phi) is 3.85. The fraction of sp³-hybridized carbons (Fsp3) is 0.286. The zero-order valence-electron chi connectivity index (χ0n) is 10.8. The summed E-state index contributed by atoms with van der Waals surface area (Å²) in [7, 11) is 0. The Labute approximate surface area is 110 Å². The minimum Gasteiger partial charge on any atom is -0.493 e. The monoisotopic (exact) mass is 261 g/mol. The molecule has 2 aromatic rings. The van der Waals surface area contributed by atoms with Gasteiger partial charge in [-0.2, -0.15) is 0 Å². The molecule has 1 aromatic carbocycles. The van der Waals surface area contributed by atoms with Gasteiger partial charge in [-0.3, -0.25) is 0 Å². The van der Waals surface area contributed by atoms with E-state index < -0.39 is 5.97 Å². The first kappa shape index (κ1) is 13.1. The Hall–Kier alpha value is -2.30. The summed E-state index contributed by atoms with van der Waals surface area (Å²) in [5.41, 5.74) is 2.12. The number of nitrogens with zero attached hydrogens (tertiary/aromatic N) is 1. The summed E-state index contributed by atoms with van der Waals surface area (Å²) in [5.74, 6) is 0.242. The number of carboxylic acids is 1. The minimum atomic E-state index is -1.09. The summed E-state index contributed by atoms with van der Waals surface area (Å²) in [6.45, 7) is 4.40. The van der Waals surface area contributed by atoms with Crippen LogP contribution < -0.4 is 4.74 Å². The molecule has 1 aromatic heterocycles. The maximum atomic E-state index is 10.6. The maximum Gasteiger partial charge on any atom is 0.358 e. The van der Waals surface area contributed by atoms with Crippen molar-refractivity contribution in [2.75, 3.05) is 6.61 Å². The van der Waals surface area contributed by atoms with E-state index in [1.165, 1.54) is 6.07 Å². The lowest BCUT2D eigenvalue weighted by Crippen LogP contribution is -2.02. The second kappa shape index (κ2) is 5.56. The molecular weight excluding hydrogens is 246 g/mol. The molecule has 0 radical (unpaired) electrons. The number of hydrogen-bond acceptors (Lipinski definition) is 4. The molecule has 0 aliphatic rings. The van der Waals surface area contributed by atoms with E-state index in [2.05, 4.69) is 5.16 Å². The molecule has 0 aliphatic heterocycles. The van der Waals surface area contributed by atoms with Crippen LogP contribution >= 0.6 is 0 Å².